The normalized spacial score (nSPS) is 11.7. The van der Waals surface area contributed by atoms with Crippen molar-refractivity contribution in [3.63, 3.8) is 0 Å². The Labute approximate surface area is 192 Å². The molecule has 1 aromatic carbocycles. The van der Waals surface area contributed by atoms with Crippen LogP contribution in [0.5, 0.6) is 11.6 Å². The molecular formula is C22H21F3N6O3. The van der Waals surface area contributed by atoms with Crippen LogP contribution in [0.25, 0.3) is 23.1 Å². The van der Waals surface area contributed by atoms with Crippen LogP contribution in [-0.2, 0) is 6.54 Å². The second-order valence-electron chi connectivity index (χ2n) is 7.85. The smallest absolute Gasteiger partial charge is 0.477 e. The molecule has 0 aliphatic heterocycles. The number of nitrogens with zero attached hydrogens (tertiary/aromatic N) is 6. The summed E-state index contributed by atoms with van der Waals surface area (Å²) in [4.78, 5) is 12.9. The zero-order chi connectivity index (χ0) is 24.3. The van der Waals surface area contributed by atoms with Crippen LogP contribution in [0.15, 0.2) is 47.1 Å². The first-order valence-corrected chi connectivity index (χ1v) is 10.4. The molecule has 0 spiro atoms. The van der Waals surface area contributed by atoms with Gasteiger partial charge in [-0.15, -0.1) is 18.3 Å². The van der Waals surface area contributed by atoms with Gasteiger partial charge in [-0.25, -0.2) is 14.6 Å². The van der Waals surface area contributed by atoms with E-state index in [2.05, 4.69) is 43.8 Å². The lowest BCUT2D eigenvalue weighted by molar-refractivity contribution is -0.274. The fourth-order valence-electron chi connectivity index (χ4n) is 2.91. The molecule has 34 heavy (non-hydrogen) atoms. The molecule has 178 valence electrons. The molecule has 0 radical (unpaired) electrons. The summed E-state index contributed by atoms with van der Waals surface area (Å²) in [5, 5.41) is 8.29. The van der Waals surface area contributed by atoms with Gasteiger partial charge in [0.25, 0.3) is 5.89 Å². The lowest BCUT2D eigenvalue weighted by Gasteiger charge is -2.08. The lowest BCUT2D eigenvalue weighted by atomic mass is 10.2. The zero-order valence-electron chi connectivity index (χ0n) is 18.6. The molecule has 0 amide bonds. The van der Waals surface area contributed by atoms with Gasteiger partial charge in [0.15, 0.2) is 0 Å². The minimum atomic E-state index is -4.76. The van der Waals surface area contributed by atoms with Gasteiger partial charge < -0.3 is 14.0 Å². The Hall–Kier alpha value is -3.96. The highest BCUT2D eigenvalue weighted by Crippen LogP contribution is 2.26. The highest BCUT2D eigenvalue weighted by atomic mass is 19.4. The first kappa shape index (κ1) is 23.2. The summed E-state index contributed by atoms with van der Waals surface area (Å²) in [5.41, 5.74) is 1.36. The molecule has 4 rings (SSSR count). The van der Waals surface area contributed by atoms with E-state index in [-0.39, 0.29) is 23.3 Å². The fraction of sp³-hybridized carbons (Fsp3) is 0.318. The minimum Gasteiger partial charge on any atom is -0.477 e. The molecule has 0 atom stereocenters. The van der Waals surface area contributed by atoms with Crippen molar-refractivity contribution in [3.8, 4) is 34.7 Å². The Morgan fingerprint density at radius 1 is 1.03 bits per heavy atom. The van der Waals surface area contributed by atoms with E-state index in [9.17, 15) is 13.2 Å². The van der Waals surface area contributed by atoms with Gasteiger partial charge in [-0.2, -0.15) is 4.98 Å². The first-order valence-electron chi connectivity index (χ1n) is 10.4. The van der Waals surface area contributed by atoms with Crippen molar-refractivity contribution in [2.45, 2.75) is 33.7 Å². The SMILES string of the molecule is Cc1nc(-c2nc(-c3ccc(OC(F)(F)F)cc3)no2)nn1Cc1ccc(OCC(C)C)nc1. The molecule has 0 N–H and O–H groups in total. The van der Waals surface area contributed by atoms with Crippen molar-refractivity contribution in [2.75, 3.05) is 6.61 Å². The summed E-state index contributed by atoms with van der Waals surface area (Å²) in [5.74, 6) is 1.76. The summed E-state index contributed by atoms with van der Waals surface area (Å²) in [7, 11) is 0. The Balaban J connectivity index is 1.44. The maximum atomic E-state index is 12.3. The van der Waals surface area contributed by atoms with Gasteiger partial charge in [0.05, 0.1) is 13.2 Å². The summed E-state index contributed by atoms with van der Waals surface area (Å²) in [6.45, 7) is 6.94. The number of pyridine rings is 1. The highest BCUT2D eigenvalue weighted by molar-refractivity contribution is 5.57. The van der Waals surface area contributed by atoms with Crippen LogP contribution in [0.2, 0.25) is 0 Å². The molecule has 4 aromatic rings. The molecule has 0 saturated heterocycles. The van der Waals surface area contributed by atoms with E-state index < -0.39 is 6.36 Å². The number of halogens is 3. The standard InChI is InChI=1S/C22H21F3N6O3/c1-13(2)12-32-18-9-4-15(10-26-18)11-31-14(3)27-20(29-31)21-28-19(30-34-21)16-5-7-17(8-6-16)33-22(23,24)25/h4-10,13H,11-12H2,1-3H3. The predicted molar refractivity (Wildman–Crippen MR) is 114 cm³/mol. The molecule has 0 saturated carbocycles. The molecule has 3 aromatic heterocycles. The molecule has 0 bridgehead atoms. The van der Waals surface area contributed by atoms with Crippen LogP contribution >= 0.6 is 0 Å². The lowest BCUT2D eigenvalue weighted by Crippen LogP contribution is -2.16. The van der Waals surface area contributed by atoms with Crippen molar-refractivity contribution >= 4 is 0 Å². The zero-order valence-corrected chi connectivity index (χ0v) is 18.6. The predicted octanol–water partition coefficient (Wildman–Crippen LogP) is 4.68. The number of rotatable bonds is 8. The van der Waals surface area contributed by atoms with Gasteiger partial charge in [0.1, 0.15) is 11.6 Å². The van der Waals surface area contributed by atoms with Gasteiger partial charge in [-0.3, -0.25) is 0 Å². The van der Waals surface area contributed by atoms with Crippen molar-refractivity contribution in [3.05, 3.63) is 54.0 Å². The number of benzene rings is 1. The summed E-state index contributed by atoms with van der Waals surface area (Å²) >= 11 is 0. The van der Waals surface area contributed by atoms with Crippen LogP contribution in [0, 0.1) is 12.8 Å². The Bertz CT molecular complexity index is 1230. The molecule has 0 unspecified atom stereocenters. The molecule has 12 heteroatoms. The van der Waals surface area contributed by atoms with E-state index in [0.29, 0.717) is 36.3 Å². The largest absolute Gasteiger partial charge is 0.573 e. The van der Waals surface area contributed by atoms with Gasteiger partial charge in [-0.1, -0.05) is 25.1 Å². The van der Waals surface area contributed by atoms with E-state index in [4.69, 9.17) is 9.26 Å². The molecule has 0 fully saturated rings. The monoisotopic (exact) mass is 474 g/mol. The van der Waals surface area contributed by atoms with Gasteiger partial charge in [0, 0.05) is 17.8 Å². The third kappa shape index (κ3) is 5.88. The topological polar surface area (TPSA) is 101 Å². The summed E-state index contributed by atoms with van der Waals surface area (Å²) < 4.78 is 53.3. The van der Waals surface area contributed by atoms with Crippen LogP contribution in [0.3, 0.4) is 0 Å². The van der Waals surface area contributed by atoms with Gasteiger partial charge in [-0.05, 0) is 42.7 Å². The third-order valence-corrected chi connectivity index (χ3v) is 4.51. The van der Waals surface area contributed by atoms with Crippen LogP contribution < -0.4 is 9.47 Å². The van der Waals surface area contributed by atoms with E-state index >= 15 is 0 Å². The van der Waals surface area contributed by atoms with Crippen molar-refractivity contribution in [1.82, 2.24) is 29.9 Å². The number of ether oxygens (including phenoxy) is 2. The van der Waals surface area contributed by atoms with Gasteiger partial charge >= 0.3 is 6.36 Å². The van der Waals surface area contributed by atoms with E-state index in [1.807, 2.05) is 6.07 Å². The van der Waals surface area contributed by atoms with Crippen molar-refractivity contribution in [1.29, 1.82) is 0 Å². The van der Waals surface area contributed by atoms with Crippen molar-refractivity contribution < 1.29 is 27.2 Å². The van der Waals surface area contributed by atoms with E-state index in [1.165, 1.54) is 24.3 Å². The maximum Gasteiger partial charge on any atom is 0.573 e. The minimum absolute atomic E-state index is 0.0861. The Morgan fingerprint density at radius 2 is 1.79 bits per heavy atom. The second-order valence-corrected chi connectivity index (χ2v) is 7.85. The van der Waals surface area contributed by atoms with Crippen LogP contribution in [0.4, 0.5) is 13.2 Å². The van der Waals surface area contributed by atoms with E-state index in [0.717, 1.165) is 5.56 Å². The summed E-state index contributed by atoms with van der Waals surface area (Å²) in [6.07, 6.45) is -3.05. The Kier molecular flexibility index (Phi) is 6.48. The molecule has 9 nitrogen and oxygen atoms in total. The number of alkyl halides is 3. The fourth-order valence-corrected chi connectivity index (χ4v) is 2.91. The van der Waals surface area contributed by atoms with Crippen LogP contribution in [0.1, 0.15) is 25.2 Å². The van der Waals surface area contributed by atoms with Gasteiger partial charge in [0.2, 0.25) is 17.5 Å². The van der Waals surface area contributed by atoms with Crippen molar-refractivity contribution in [2.24, 2.45) is 5.92 Å². The first-order chi connectivity index (χ1) is 16.2. The molecule has 3 heterocycles. The van der Waals surface area contributed by atoms with E-state index in [1.54, 1.807) is 23.9 Å². The number of aryl methyl sites for hydroxylation is 1. The van der Waals surface area contributed by atoms with Crippen LogP contribution in [-0.4, -0.2) is 42.9 Å². The number of aromatic nitrogens is 6. The quantitative estimate of drug-likeness (QED) is 0.363. The highest BCUT2D eigenvalue weighted by Gasteiger charge is 2.31. The second kappa shape index (κ2) is 9.49. The molecule has 0 aliphatic carbocycles. The number of hydrogen-bond donors (Lipinski definition) is 0. The maximum absolute atomic E-state index is 12.3. The summed E-state index contributed by atoms with van der Waals surface area (Å²) in [6, 6.07) is 8.84. The molecular weight excluding hydrogens is 453 g/mol. The Morgan fingerprint density at radius 3 is 2.44 bits per heavy atom. The molecule has 0 aliphatic rings. The average Bonchev–Trinajstić information content (AvgIpc) is 3.40. The third-order valence-electron chi connectivity index (χ3n) is 4.51. The average molecular weight is 474 g/mol. The number of hydrogen-bond acceptors (Lipinski definition) is 8.